The number of aliphatic hydroxyl groups is 1. The molecule has 1 aromatic heterocycles. The molecule has 0 saturated carbocycles. The van der Waals surface area contributed by atoms with Crippen LogP contribution >= 0.6 is 0 Å². The molecule has 2 aliphatic rings. The summed E-state index contributed by atoms with van der Waals surface area (Å²) in [5.74, 6) is 0. The second-order valence-electron chi connectivity index (χ2n) is 7.82. The lowest BCUT2D eigenvalue weighted by Crippen LogP contribution is -2.41. The van der Waals surface area contributed by atoms with Crippen molar-refractivity contribution in [3.63, 3.8) is 0 Å². The predicted molar refractivity (Wildman–Crippen MR) is 100 cm³/mol. The minimum Gasteiger partial charge on any atom is -0.396 e. The van der Waals surface area contributed by atoms with Gasteiger partial charge < -0.3 is 5.11 Å². The Bertz CT molecular complexity index is 700. The van der Waals surface area contributed by atoms with E-state index in [9.17, 15) is 5.11 Å². The van der Waals surface area contributed by atoms with Crippen molar-refractivity contribution in [3.05, 3.63) is 65.5 Å². The molecule has 0 amide bonds. The topological polar surface area (TPSA) is 36.4 Å². The third-order valence-corrected chi connectivity index (χ3v) is 6.34. The molecule has 3 nitrogen and oxygen atoms in total. The number of hydrogen-bond acceptors (Lipinski definition) is 3. The molecule has 3 heterocycles. The molecule has 3 heteroatoms. The average Bonchev–Trinajstić information content (AvgIpc) is 3.18. The molecular formula is C22H28N2O. The molecule has 2 fully saturated rings. The van der Waals surface area contributed by atoms with Gasteiger partial charge in [0.15, 0.2) is 0 Å². The van der Waals surface area contributed by atoms with Crippen molar-refractivity contribution >= 4 is 0 Å². The van der Waals surface area contributed by atoms with Gasteiger partial charge in [-0.2, -0.15) is 0 Å². The van der Waals surface area contributed by atoms with Crippen molar-refractivity contribution in [1.82, 2.24) is 9.88 Å². The van der Waals surface area contributed by atoms with Gasteiger partial charge in [0, 0.05) is 30.2 Å². The van der Waals surface area contributed by atoms with Gasteiger partial charge in [-0.15, -0.1) is 0 Å². The van der Waals surface area contributed by atoms with E-state index in [2.05, 4.69) is 59.3 Å². The Labute approximate surface area is 150 Å². The van der Waals surface area contributed by atoms with Gasteiger partial charge in [-0.3, -0.25) is 9.88 Å². The molecule has 1 N–H and O–H groups in total. The summed E-state index contributed by atoms with van der Waals surface area (Å²) in [4.78, 5) is 7.28. The van der Waals surface area contributed by atoms with Crippen LogP contribution in [0.3, 0.4) is 0 Å². The zero-order valence-corrected chi connectivity index (χ0v) is 15.1. The largest absolute Gasteiger partial charge is 0.396 e. The average molecular weight is 336 g/mol. The monoisotopic (exact) mass is 336 g/mol. The summed E-state index contributed by atoms with van der Waals surface area (Å²) in [6.45, 7) is 3.36. The summed E-state index contributed by atoms with van der Waals surface area (Å²) in [5, 5.41) is 10.3. The van der Waals surface area contributed by atoms with Gasteiger partial charge in [-0.05, 0) is 49.3 Å². The van der Waals surface area contributed by atoms with Crippen LogP contribution in [-0.2, 0) is 19.4 Å². The summed E-state index contributed by atoms with van der Waals surface area (Å²) in [6.07, 6.45) is 7.59. The first kappa shape index (κ1) is 16.7. The van der Waals surface area contributed by atoms with E-state index in [4.69, 9.17) is 0 Å². The molecule has 3 atom stereocenters. The number of hydrogen-bond donors (Lipinski definition) is 1. The molecule has 2 saturated heterocycles. The Kier molecular flexibility index (Phi) is 4.61. The number of fused-ring (bicyclic) bond motifs is 2. The lowest BCUT2D eigenvalue weighted by Gasteiger charge is -2.36. The summed E-state index contributed by atoms with van der Waals surface area (Å²) in [6, 6.07) is 16.1. The maximum atomic E-state index is 10.3. The maximum Gasteiger partial charge on any atom is 0.0544 e. The molecule has 0 unspecified atom stereocenters. The van der Waals surface area contributed by atoms with E-state index in [1.807, 2.05) is 6.20 Å². The standard InChI is InChI=1S/C22H28N2O/c1-2-17-8-9-19(23-14-17)15-24-20-10-11-21(24)22(13-20,16-25)12-18-6-4-3-5-7-18/h3-9,14,20-21,25H,2,10-13,15-16H2,1H3/t20-,21+,22-/m0/s1. The van der Waals surface area contributed by atoms with Crippen molar-refractivity contribution in [2.24, 2.45) is 5.41 Å². The minimum atomic E-state index is 0.00757. The summed E-state index contributed by atoms with van der Waals surface area (Å²) in [7, 11) is 0. The normalized spacial score (nSPS) is 28.6. The van der Waals surface area contributed by atoms with Crippen LogP contribution in [0.5, 0.6) is 0 Å². The molecule has 2 aromatic rings. The molecular weight excluding hydrogens is 308 g/mol. The van der Waals surface area contributed by atoms with Crippen molar-refractivity contribution in [2.75, 3.05) is 6.61 Å². The molecule has 132 valence electrons. The molecule has 2 aliphatic heterocycles. The van der Waals surface area contributed by atoms with Crippen LogP contribution in [0.1, 0.15) is 43.0 Å². The van der Waals surface area contributed by atoms with Gasteiger partial charge >= 0.3 is 0 Å². The van der Waals surface area contributed by atoms with Gasteiger partial charge in [0.25, 0.3) is 0 Å². The van der Waals surface area contributed by atoms with Crippen molar-refractivity contribution in [3.8, 4) is 0 Å². The number of rotatable bonds is 6. The zero-order valence-electron chi connectivity index (χ0n) is 15.1. The number of aromatic nitrogens is 1. The third kappa shape index (κ3) is 3.11. The predicted octanol–water partition coefficient (Wildman–Crippen LogP) is 3.60. The van der Waals surface area contributed by atoms with Gasteiger partial charge in [0.1, 0.15) is 0 Å². The van der Waals surface area contributed by atoms with E-state index in [1.165, 1.54) is 24.0 Å². The smallest absolute Gasteiger partial charge is 0.0544 e. The lowest BCUT2D eigenvalue weighted by atomic mass is 9.70. The first-order valence-electron chi connectivity index (χ1n) is 9.58. The molecule has 1 aromatic carbocycles. The Morgan fingerprint density at radius 3 is 2.64 bits per heavy atom. The summed E-state index contributed by atoms with van der Waals surface area (Å²) in [5.41, 5.74) is 3.80. The van der Waals surface area contributed by atoms with Crippen LogP contribution in [0.4, 0.5) is 0 Å². The summed E-state index contributed by atoms with van der Waals surface area (Å²) >= 11 is 0. The number of nitrogens with zero attached hydrogens (tertiary/aromatic N) is 2. The van der Waals surface area contributed by atoms with E-state index in [1.54, 1.807) is 0 Å². The van der Waals surface area contributed by atoms with Crippen LogP contribution in [0.15, 0.2) is 48.7 Å². The van der Waals surface area contributed by atoms with E-state index >= 15 is 0 Å². The van der Waals surface area contributed by atoms with Crippen LogP contribution < -0.4 is 0 Å². The highest BCUT2D eigenvalue weighted by molar-refractivity contribution is 5.21. The fraction of sp³-hybridized carbons (Fsp3) is 0.500. The second kappa shape index (κ2) is 6.89. The van der Waals surface area contributed by atoms with Gasteiger partial charge in [-0.1, -0.05) is 43.3 Å². The van der Waals surface area contributed by atoms with Crippen molar-refractivity contribution in [1.29, 1.82) is 0 Å². The highest BCUT2D eigenvalue weighted by Crippen LogP contribution is 2.51. The lowest BCUT2D eigenvalue weighted by molar-refractivity contribution is 0.0748. The van der Waals surface area contributed by atoms with Crippen molar-refractivity contribution in [2.45, 2.75) is 57.7 Å². The quantitative estimate of drug-likeness (QED) is 0.875. The minimum absolute atomic E-state index is 0.00757. The van der Waals surface area contributed by atoms with Crippen LogP contribution in [0.2, 0.25) is 0 Å². The maximum absolute atomic E-state index is 10.3. The Hall–Kier alpha value is -1.71. The number of benzene rings is 1. The van der Waals surface area contributed by atoms with E-state index < -0.39 is 0 Å². The van der Waals surface area contributed by atoms with Crippen molar-refractivity contribution < 1.29 is 5.11 Å². The van der Waals surface area contributed by atoms with E-state index in [-0.39, 0.29) is 12.0 Å². The summed E-state index contributed by atoms with van der Waals surface area (Å²) < 4.78 is 0. The van der Waals surface area contributed by atoms with Crippen LogP contribution in [0, 0.1) is 5.41 Å². The Morgan fingerprint density at radius 1 is 1.12 bits per heavy atom. The van der Waals surface area contributed by atoms with Crippen LogP contribution in [0.25, 0.3) is 0 Å². The number of pyridine rings is 1. The number of aliphatic hydroxyl groups excluding tert-OH is 1. The van der Waals surface area contributed by atoms with Gasteiger partial charge in [-0.25, -0.2) is 0 Å². The molecule has 0 radical (unpaired) electrons. The molecule has 4 rings (SSSR count). The molecule has 25 heavy (non-hydrogen) atoms. The van der Waals surface area contributed by atoms with Gasteiger partial charge in [0.05, 0.1) is 12.3 Å². The first-order valence-corrected chi connectivity index (χ1v) is 9.58. The highest BCUT2D eigenvalue weighted by Gasteiger charge is 2.55. The van der Waals surface area contributed by atoms with Crippen LogP contribution in [-0.4, -0.2) is 33.7 Å². The SMILES string of the molecule is CCc1ccc(CN2[C@H]3CC[C@@H]2[C@@](CO)(Cc2ccccc2)C3)nc1. The molecule has 0 spiro atoms. The molecule has 0 aliphatic carbocycles. The highest BCUT2D eigenvalue weighted by atomic mass is 16.3. The third-order valence-electron chi connectivity index (χ3n) is 6.34. The van der Waals surface area contributed by atoms with Gasteiger partial charge in [0.2, 0.25) is 0 Å². The fourth-order valence-corrected chi connectivity index (χ4v) is 5.02. The second-order valence-corrected chi connectivity index (χ2v) is 7.82. The Morgan fingerprint density at radius 2 is 1.96 bits per heavy atom. The zero-order chi connectivity index (χ0) is 17.3. The molecule has 2 bridgehead atoms. The number of aryl methyl sites for hydroxylation is 1. The van der Waals surface area contributed by atoms with E-state index in [0.717, 1.165) is 31.5 Å². The van der Waals surface area contributed by atoms with E-state index in [0.29, 0.717) is 12.1 Å². The Balaban J connectivity index is 1.53. The first-order chi connectivity index (χ1) is 12.2. The fourth-order valence-electron chi connectivity index (χ4n) is 5.02.